The van der Waals surface area contributed by atoms with E-state index < -0.39 is 5.91 Å². The molecular formula is C18H14N2O4. The van der Waals surface area contributed by atoms with E-state index >= 15 is 0 Å². The lowest BCUT2D eigenvalue weighted by Gasteiger charge is -2.06. The van der Waals surface area contributed by atoms with Gasteiger partial charge in [-0.2, -0.15) is 5.26 Å². The molecule has 1 heterocycles. The highest BCUT2D eigenvalue weighted by atomic mass is 16.7. The Morgan fingerprint density at radius 1 is 1.21 bits per heavy atom. The molecule has 120 valence electrons. The smallest absolute Gasteiger partial charge is 0.266 e. The fourth-order valence-electron chi connectivity index (χ4n) is 2.19. The molecule has 0 aliphatic carbocycles. The van der Waals surface area contributed by atoms with Gasteiger partial charge in [0.15, 0.2) is 11.5 Å². The van der Waals surface area contributed by atoms with Gasteiger partial charge in [-0.3, -0.25) is 4.79 Å². The Morgan fingerprint density at radius 2 is 1.96 bits per heavy atom. The Morgan fingerprint density at radius 3 is 2.67 bits per heavy atom. The van der Waals surface area contributed by atoms with Gasteiger partial charge in [-0.1, -0.05) is 6.07 Å². The Kier molecular flexibility index (Phi) is 4.34. The van der Waals surface area contributed by atoms with E-state index in [1.807, 2.05) is 6.07 Å². The molecule has 0 saturated carbocycles. The molecule has 1 aliphatic heterocycles. The van der Waals surface area contributed by atoms with Gasteiger partial charge in [0, 0.05) is 5.69 Å². The summed E-state index contributed by atoms with van der Waals surface area (Å²) in [5.41, 5.74) is 1.25. The lowest BCUT2D eigenvalue weighted by molar-refractivity contribution is -0.112. The number of rotatable bonds is 4. The van der Waals surface area contributed by atoms with Gasteiger partial charge < -0.3 is 19.5 Å². The predicted molar refractivity (Wildman–Crippen MR) is 87.8 cm³/mol. The number of ether oxygens (including phenoxy) is 3. The number of nitriles is 1. The lowest BCUT2D eigenvalue weighted by atomic mass is 10.1. The molecule has 0 unspecified atom stereocenters. The van der Waals surface area contributed by atoms with Crippen LogP contribution in [0.1, 0.15) is 5.56 Å². The average Bonchev–Trinajstić information content (AvgIpc) is 3.08. The minimum absolute atomic E-state index is 0.00955. The second-order valence-electron chi connectivity index (χ2n) is 4.97. The van der Waals surface area contributed by atoms with Crippen LogP contribution in [0.25, 0.3) is 6.08 Å². The molecule has 24 heavy (non-hydrogen) atoms. The molecule has 2 aromatic rings. The lowest BCUT2D eigenvalue weighted by Crippen LogP contribution is -2.13. The first-order valence-corrected chi connectivity index (χ1v) is 7.16. The number of amides is 1. The summed E-state index contributed by atoms with van der Waals surface area (Å²) in [6.45, 7) is 0.172. The molecule has 0 saturated heterocycles. The zero-order valence-corrected chi connectivity index (χ0v) is 12.9. The summed E-state index contributed by atoms with van der Waals surface area (Å²) in [6, 6.07) is 14.0. The van der Waals surface area contributed by atoms with E-state index in [1.54, 1.807) is 49.6 Å². The van der Waals surface area contributed by atoms with Crippen molar-refractivity contribution in [2.75, 3.05) is 19.2 Å². The Bertz CT molecular complexity index is 835. The van der Waals surface area contributed by atoms with Crippen molar-refractivity contribution in [3.8, 4) is 23.3 Å². The number of carbonyl (C=O) groups is 1. The van der Waals surface area contributed by atoms with E-state index in [0.29, 0.717) is 28.5 Å². The molecule has 0 spiro atoms. The molecule has 6 heteroatoms. The first-order valence-electron chi connectivity index (χ1n) is 7.16. The fraction of sp³-hybridized carbons (Fsp3) is 0.111. The second-order valence-corrected chi connectivity index (χ2v) is 4.97. The summed E-state index contributed by atoms with van der Waals surface area (Å²) < 4.78 is 15.6. The van der Waals surface area contributed by atoms with Crippen molar-refractivity contribution in [1.29, 1.82) is 5.26 Å². The van der Waals surface area contributed by atoms with Gasteiger partial charge >= 0.3 is 0 Å². The van der Waals surface area contributed by atoms with Gasteiger partial charge in [0.2, 0.25) is 6.79 Å². The molecular weight excluding hydrogens is 308 g/mol. The first-order chi connectivity index (χ1) is 11.7. The van der Waals surface area contributed by atoms with Gasteiger partial charge in [-0.05, 0) is 48.0 Å². The predicted octanol–water partition coefficient (Wildman–Crippen LogP) is 2.97. The quantitative estimate of drug-likeness (QED) is 0.691. The number of fused-ring (bicyclic) bond motifs is 1. The molecule has 1 aliphatic rings. The highest BCUT2D eigenvalue weighted by molar-refractivity contribution is 6.09. The van der Waals surface area contributed by atoms with E-state index in [-0.39, 0.29) is 12.4 Å². The maximum atomic E-state index is 12.2. The molecule has 2 aromatic carbocycles. The maximum absolute atomic E-state index is 12.2. The Balaban J connectivity index is 1.77. The van der Waals surface area contributed by atoms with Crippen LogP contribution in [0.2, 0.25) is 0 Å². The minimum Gasteiger partial charge on any atom is -0.497 e. The highest BCUT2D eigenvalue weighted by Crippen LogP contribution is 2.33. The number of nitrogens with zero attached hydrogens (tertiary/aromatic N) is 1. The summed E-state index contributed by atoms with van der Waals surface area (Å²) in [4.78, 5) is 12.2. The SMILES string of the molecule is COc1ccc(NC(=O)/C(C#N)=C/c2ccc3c(c2)OCO3)cc1. The molecule has 0 fully saturated rings. The molecule has 6 nitrogen and oxygen atoms in total. The summed E-state index contributed by atoms with van der Waals surface area (Å²) in [5.74, 6) is 1.44. The number of benzene rings is 2. The number of anilines is 1. The number of nitrogens with one attached hydrogen (secondary N) is 1. The first kappa shape index (κ1) is 15.4. The monoisotopic (exact) mass is 322 g/mol. The van der Waals surface area contributed by atoms with E-state index in [0.717, 1.165) is 0 Å². The molecule has 0 radical (unpaired) electrons. The summed E-state index contributed by atoms with van der Waals surface area (Å²) in [5, 5.41) is 11.9. The molecule has 3 rings (SSSR count). The number of hydrogen-bond acceptors (Lipinski definition) is 5. The second kappa shape index (κ2) is 6.75. The van der Waals surface area contributed by atoms with Crippen molar-refractivity contribution < 1.29 is 19.0 Å². The van der Waals surface area contributed by atoms with Crippen LogP contribution >= 0.6 is 0 Å². The van der Waals surface area contributed by atoms with E-state index in [2.05, 4.69) is 5.32 Å². The standard InChI is InChI=1S/C18H14N2O4/c1-22-15-5-3-14(4-6-15)20-18(21)13(10-19)8-12-2-7-16-17(9-12)24-11-23-16/h2-9H,11H2,1H3,(H,20,21)/b13-8+. The van der Waals surface area contributed by atoms with Crippen molar-refractivity contribution in [2.24, 2.45) is 0 Å². The minimum atomic E-state index is -0.486. The van der Waals surface area contributed by atoms with E-state index in [1.165, 1.54) is 6.08 Å². The molecule has 1 amide bonds. The van der Waals surface area contributed by atoms with Crippen LogP contribution in [-0.2, 0) is 4.79 Å². The maximum Gasteiger partial charge on any atom is 0.266 e. The topological polar surface area (TPSA) is 80.6 Å². The molecule has 0 bridgehead atoms. The van der Waals surface area contributed by atoms with Gasteiger partial charge in [0.1, 0.15) is 17.4 Å². The van der Waals surface area contributed by atoms with Gasteiger partial charge in [-0.25, -0.2) is 0 Å². The summed E-state index contributed by atoms with van der Waals surface area (Å²) in [6.07, 6.45) is 1.50. The van der Waals surface area contributed by atoms with Crippen LogP contribution in [-0.4, -0.2) is 19.8 Å². The van der Waals surface area contributed by atoms with Crippen LogP contribution in [0, 0.1) is 11.3 Å². The third-order valence-electron chi connectivity index (χ3n) is 3.42. The zero-order valence-electron chi connectivity index (χ0n) is 12.9. The van der Waals surface area contributed by atoms with Gasteiger partial charge in [0.25, 0.3) is 5.91 Å². The molecule has 1 N–H and O–H groups in total. The van der Waals surface area contributed by atoms with Crippen LogP contribution in [0.15, 0.2) is 48.0 Å². The van der Waals surface area contributed by atoms with Gasteiger partial charge in [0.05, 0.1) is 7.11 Å². The van der Waals surface area contributed by atoms with Gasteiger partial charge in [-0.15, -0.1) is 0 Å². The van der Waals surface area contributed by atoms with E-state index in [9.17, 15) is 10.1 Å². The largest absolute Gasteiger partial charge is 0.497 e. The Labute approximate surface area is 138 Å². The Hall–Kier alpha value is -3.46. The van der Waals surface area contributed by atoms with E-state index in [4.69, 9.17) is 14.2 Å². The number of carbonyl (C=O) groups excluding carboxylic acids is 1. The third-order valence-corrected chi connectivity index (χ3v) is 3.42. The van der Waals surface area contributed by atoms with Crippen LogP contribution in [0.4, 0.5) is 5.69 Å². The van der Waals surface area contributed by atoms with Crippen molar-refractivity contribution in [2.45, 2.75) is 0 Å². The molecule has 0 atom stereocenters. The normalized spacial score (nSPS) is 12.4. The van der Waals surface area contributed by atoms with Crippen LogP contribution < -0.4 is 19.5 Å². The average molecular weight is 322 g/mol. The third kappa shape index (κ3) is 3.31. The fourth-order valence-corrected chi connectivity index (χ4v) is 2.19. The number of methoxy groups -OCH3 is 1. The number of hydrogen-bond donors (Lipinski definition) is 1. The highest BCUT2D eigenvalue weighted by Gasteiger charge is 2.14. The summed E-state index contributed by atoms with van der Waals surface area (Å²) in [7, 11) is 1.56. The van der Waals surface area contributed by atoms with Crippen molar-refractivity contribution in [3.63, 3.8) is 0 Å². The zero-order chi connectivity index (χ0) is 16.9. The summed E-state index contributed by atoms with van der Waals surface area (Å²) >= 11 is 0. The van der Waals surface area contributed by atoms with Crippen molar-refractivity contribution in [1.82, 2.24) is 0 Å². The van der Waals surface area contributed by atoms with Crippen LogP contribution in [0.5, 0.6) is 17.2 Å². The van der Waals surface area contributed by atoms with Crippen LogP contribution in [0.3, 0.4) is 0 Å². The van der Waals surface area contributed by atoms with Crippen molar-refractivity contribution >= 4 is 17.7 Å². The van der Waals surface area contributed by atoms with Crippen molar-refractivity contribution in [3.05, 3.63) is 53.6 Å². The molecule has 0 aromatic heterocycles.